The lowest BCUT2D eigenvalue weighted by molar-refractivity contribution is 0.250. The van der Waals surface area contributed by atoms with Crippen LogP contribution in [0.4, 0.5) is 0 Å². The summed E-state index contributed by atoms with van der Waals surface area (Å²) < 4.78 is 0. The molecule has 0 aliphatic rings. The van der Waals surface area contributed by atoms with E-state index in [2.05, 4.69) is 13.8 Å². The first-order valence-corrected chi connectivity index (χ1v) is 6.38. The zero-order valence-electron chi connectivity index (χ0n) is 7.38. The van der Waals surface area contributed by atoms with Crippen molar-refractivity contribution in [3.8, 4) is 0 Å². The first-order valence-electron chi connectivity index (χ1n) is 4.07. The van der Waals surface area contributed by atoms with Gasteiger partial charge in [-0.1, -0.05) is 13.8 Å². The van der Waals surface area contributed by atoms with Crippen molar-refractivity contribution in [1.82, 2.24) is 0 Å². The van der Waals surface area contributed by atoms with Crippen LogP contribution in [-0.2, 0) is 0 Å². The molecule has 0 bridgehead atoms. The predicted octanol–water partition coefficient (Wildman–Crippen LogP) is 2.10. The minimum Gasteiger partial charge on any atom is -0.396 e. The van der Waals surface area contributed by atoms with Crippen molar-refractivity contribution in [1.29, 1.82) is 0 Å². The predicted molar refractivity (Wildman–Crippen MR) is 56.6 cm³/mol. The lowest BCUT2D eigenvalue weighted by Gasteiger charge is -2.05. The molecule has 1 atom stereocenters. The van der Waals surface area contributed by atoms with Crippen molar-refractivity contribution >= 4 is 23.5 Å². The van der Waals surface area contributed by atoms with E-state index in [-0.39, 0.29) is 0 Å². The first-order chi connectivity index (χ1) is 5.31. The Labute approximate surface area is 78.3 Å². The van der Waals surface area contributed by atoms with Crippen molar-refractivity contribution in [3.05, 3.63) is 0 Å². The number of hydrogen-bond donors (Lipinski definition) is 1. The van der Waals surface area contributed by atoms with Gasteiger partial charge in [0.15, 0.2) is 0 Å². The summed E-state index contributed by atoms with van der Waals surface area (Å²) in [4.78, 5) is 0. The van der Waals surface area contributed by atoms with Gasteiger partial charge in [-0.25, -0.2) is 0 Å². The molecule has 1 unspecified atom stereocenters. The quantitative estimate of drug-likeness (QED) is 0.627. The Balaban J connectivity index is 2.89. The summed E-state index contributed by atoms with van der Waals surface area (Å²) in [6, 6.07) is 0. The molecule has 0 rings (SSSR count). The molecular formula is C8H18OS2. The van der Waals surface area contributed by atoms with Crippen LogP contribution in [0.2, 0.25) is 0 Å². The summed E-state index contributed by atoms with van der Waals surface area (Å²) in [6.45, 7) is 4.60. The molecule has 0 saturated carbocycles. The smallest absolute Gasteiger partial charge is 0.0464 e. The van der Waals surface area contributed by atoms with Crippen LogP contribution >= 0.6 is 23.5 Å². The molecule has 0 aromatic rings. The highest BCUT2D eigenvalue weighted by molar-refractivity contribution is 8.02. The van der Waals surface area contributed by atoms with E-state index in [1.807, 2.05) is 23.5 Å². The fraction of sp³-hybridized carbons (Fsp3) is 1.00. The van der Waals surface area contributed by atoms with Gasteiger partial charge in [0.05, 0.1) is 0 Å². The van der Waals surface area contributed by atoms with Crippen LogP contribution < -0.4 is 0 Å². The second-order valence-corrected chi connectivity index (χ2v) is 5.10. The van der Waals surface area contributed by atoms with E-state index in [9.17, 15) is 0 Å². The lowest BCUT2D eigenvalue weighted by Crippen LogP contribution is -2.04. The van der Waals surface area contributed by atoms with Crippen molar-refractivity contribution < 1.29 is 5.11 Å². The summed E-state index contributed by atoms with van der Waals surface area (Å²) in [7, 11) is 0. The third kappa shape index (κ3) is 8.57. The first kappa shape index (κ1) is 11.7. The van der Waals surface area contributed by atoms with Gasteiger partial charge in [0.2, 0.25) is 0 Å². The van der Waals surface area contributed by atoms with Gasteiger partial charge in [0, 0.05) is 18.1 Å². The largest absolute Gasteiger partial charge is 0.396 e. The molecule has 0 fully saturated rings. The average Bonchev–Trinajstić information content (AvgIpc) is 2.04. The zero-order chi connectivity index (χ0) is 8.53. The van der Waals surface area contributed by atoms with Crippen LogP contribution in [0, 0.1) is 5.92 Å². The van der Waals surface area contributed by atoms with Gasteiger partial charge in [0.1, 0.15) is 0 Å². The van der Waals surface area contributed by atoms with E-state index < -0.39 is 0 Å². The normalized spacial score (nSPS) is 13.4. The molecule has 0 saturated heterocycles. The highest BCUT2D eigenvalue weighted by Gasteiger charge is 1.98. The second kappa shape index (κ2) is 8.75. The van der Waals surface area contributed by atoms with Gasteiger partial charge in [-0.3, -0.25) is 0 Å². The summed E-state index contributed by atoms with van der Waals surface area (Å²) in [5.41, 5.74) is 0. The molecule has 0 aliphatic heterocycles. The Morgan fingerprint density at radius 3 is 2.45 bits per heavy atom. The van der Waals surface area contributed by atoms with E-state index in [0.717, 1.165) is 5.75 Å². The number of aliphatic hydroxyl groups excluding tert-OH is 1. The Morgan fingerprint density at radius 1 is 1.27 bits per heavy atom. The maximum atomic E-state index is 8.72. The second-order valence-electron chi connectivity index (χ2n) is 2.56. The summed E-state index contributed by atoms with van der Waals surface area (Å²) in [5, 5.41) is 8.72. The summed E-state index contributed by atoms with van der Waals surface area (Å²) >= 11 is 3.93. The van der Waals surface area contributed by atoms with Crippen molar-refractivity contribution in [2.75, 3.05) is 29.6 Å². The molecular weight excluding hydrogens is 176 g/mol. The van der Waals surface area contributed by atoms with Crippen molar-refractivity contribution in [2.45, 2.75) is 13.8 Å². The van der Waals surface area contributed by atoms with Gasteiger partial charge in [-0.15, -0.1) is 0 Å². The molecule has 0 radical (unpaired) electrons. The third-order valence-corrected chi connectivity index (χ3v) is 3.75. The monoisotopic (exact) mass is 194 g/mol. The molecule has 0 spiro atoms. The Bertz CT molecular complexity index is 78.5. The van der Waals surface area contributed by atoms with Gasteiger partial charge in [0.25, 0.3) is 0 Å². The molecule has 1 N–H and O–H groups in total. The summed E-state index contributed by atoms with van der Waals surface area (Å²) in [5.74, 6) is 5.26. The Kier molecular flexibility index (Phi) is 9.28. The molecule has 3 heteroatoms. The Hall–Kier alpha value is 0.660. The fourth-order valence-corrected chi connectivity index (χ4v) is 2.51. The number of rotatable bonds is 7. The number of aliphatic hydroxyl groups is 1. The van der Waals surface area contributed by atoms with Crippen molar-refractivity contribution in [3.63, 3.8) is 0 Å². The fourth-order valence-electron chi connectivity index (χ4n) is 0.599. The van der Waals surface area contributed by atoms with E-state index >= 15 is 0 Å². The molecule has 0 amide bonds. The van der Waals surface area contributed by atoms with Crippen LogP contribution in [0.15, 0.2) is 0 Å². The molecule has 0 aliphatic carbocycles. The topological polar surface area (TPSA) is 20.2 Å². The number of hydrogen-bond acceptors (Lipinski definition) is 3. The third-order valence-electron chi connectivity index (χ3n) is 1.29. The highest BCUT2D eigenvalue weighted by atomic mass is 32.2. The average molecular weight is 194 g/mol. The molecule has 0 aromatic heterocycles. The van der Waals surface area contributed by atoms with Crippen LogP contribution in [-0.4, -0.2) is 34.7 Å². The zero-order valence-corrected chi connectivity index (χ0v) is 9.01. The van der Waals surface area contributed by atoms with Gasteiger partial charge in [-0.05, 0) is 17.4 Å². The van der Waals surface area contributed by atoms with Crippen LogP contribution in [0.3, 0.4) is 0 Å². The molecule has 1 nitrogen and oxygen atoms in total. The molecule has 0 heterocycles. The summed E-state index contributed by atoms with van der Waals surface area (Å²) in [6.07, 6.45) is 0. The van der Waals surface area contributed by atoms with E-state index in [1.54, 1.807) is 0 Å². The SMILES string of the molecule is CCSCCSCC(C)CO. The minimum atomic E-state index is 0.327. The molecule has 11 heavy (non-hydrogen) atoms. The Morgan fingerprint density at radius 2 is 1.91 bits per heavy atom. The van der Waals surface area contributed by atoms with Gasteiger partial charge in [-0.2, -0.15) is 23.5 Å². The maximum absolute atomic E-state index is 8.72. The lowest BCUT2D eigenvalue weighted by atomic mass is 10.2. The standard InChI is InChI=1S/C8H18OS2/c1-3-10-4-5-11-7-8(2)6-9/h8-9H,3-7H2,1-2H3. The van der Waals surface area contributed by atoms with Gasteiger partial charge < -0.3 is 5.11 Å². The molecule has 68 valence electrons. The highest BCUT2D eigenvalue weighted by Crippen LogP contribution is 2.10. The molecule has 0 aromatic carbocycles. The van der Waals surface area contributed by atoms with Crippen molar-refractivity contribution in [2.24, 2.45) is 5.92 Å². The van der Waals surface area contributed by atoms with Crippen LogP contribution in [0.25, 0.3) is 0 Å². The minimum absolute atomic E-state index is 0.327. The van der Waals surface area contributed by atoms with E-state index in [0.29, 0.717) is 12.5 Å². The van der Waals surface area contributed by atoms with Crippen LogP contribution in [0.1, 0.15) is 13.8 Å². The number of thioether (sulfide) groups is 2. The van der Waals surface area contributed by atoms with E-state index in [4.69, 9.17) is 5.11 Å². The van der Waals surface area contributed by atoms with E-state index in [1.165, 1.54) is 17.3 Å². The maximum Gasteiger partial charge on any atom is 0.0464 e. The van der Waals surface area contributed by atoms with Gasteiger partial charge >= 0.3 is 0 Å². The van der Waals surface area contributed by atoms with Crippen LogP contribution in [0.5, 0.6) is 0 Å².